The molecule has 0 radical (unpaired) electrons. The van der Waals surface area contributed by atoms with Crippen LogP contribution in [0, 0.1) is 5.92 Å². The molecule has 0 spiro atoms. The summed E-state index contributed by atoms with van der Waals surface area (Å²) in [6.07, 6.45) is 1.88. The zero-order chi connectivity index (χ0) is 25.1. The number of ether oxygens (including phenoxy) is 2. The molecule has 3 atom stereocenters. The van der Waals surface area contributed by atoms with Gasteiger partial charge in [-0.1, -0.05) is 26.0 Å². The van der Waals surface area contributed by atoms with Crippen LogP contribution in [0.25, 0.3) is 0 Å². The molecule has 3 aliphatic heterocycles. The fourth-order valence-electron chi connectivity index (χ4n) is 5.18. The lowest BCUT2D eigenvalue weighted by molar-refractivity contribution is -0.189. The third-order valence-corrected chi connectivity index (χ3v) is 6.89. The number of nitrogens with zero attached hydrogens (tertiary/aromatic N) is 4. The Hall–Kier alpha value is -2.85. The highest BCUT2D eigenvalue weighted by molar-refractivity contribution is 5.91. The monoisotopic (exact) mass is 487 g/mol. The molecule has 0 bridgehead atoms. The van der Waals surface area contributed by atoms with Gasteiger partial charge in [0.2, 0.25) is 11.8 Å². The normalized spacial score (nSPS) is 25.3. The Balaban J connectivity index is 1.54. The van der Waals surface area contributed by atoms with Gasteiger partial charge in [-0.25, -0.2) is 14.8 Å². The number of carbonyl (C=O) groups excluding carboxylic acids is 3. The predicted molar refractivity (Wildman–Crippen MR) is 129 cm³/mol. The van der Waals surface area contributed by atoms with Crippen LogP contribution in [-0.4, -0.2) is 96.4 Å². The number of amides is 4. The quantitative estimate of drug-likeness (QED) is 0.629. The first-order valence-corrected chi connectivity index (χ1v) is 12.4. The molecule has 10 nitrogen and oxygen atoms in total. The number of fused-ring (bicyclic) bond motifs is 1. The van der Waals surface area contributed by atoms with Crippen LogP contribution in [0.4, 0.5) is 4.79 Å². The van der Waals surface area contributed by atoms with E-state index in [0.717, 1.165) is 24.2 Å². The van der Waals surface area contributed by atoms with Gasteiger partial charge in [0.1, 0.15) is 18.0 Å². The lowest BCUT2D eigenvalue weighted by Gasteiger charge is -2.54. The van der Waals surface area contributed by atoms with E-state index in [1.807, 2.05) is 38.1 Å². The van der Waals surface area contributed by atoms with Crippen molar-refractivity contribution in [1.82, 2.24) is 25.1 Å². The summed E-state index contributed by atoms with van der Waals surface area (Å²) in [5, 5.41) is 6.22. The smallest absolute Gasteiger partial charge is 0.334 e. The average Bonchev–Trinajstić information content (AvgIpc) is 3.33. The Labute approximate surface area is 207 Å². The molecule has 4 amide bonds. The molecule has 4 rings (SSSR count). The molecule has 35 heavy (non-hydrogen) atoms. The average molecular weight is 488 g/mol. The van der Waals surface area contributed by atoms with E-state index in [-0.39, 0.29) is 43.0 Å². The maximum Gasteiger partial charge on any atom is 0.334 e. The van der Waals surface area contributed by atoms with Gasteiger partial charge in [0.05, 0.1) is 26.3 Å². The van der Waals surface area contributed by atoms with Gasteiger partial charge < -0.3 is 24.6 Å². The van der Waals surface area contributed by atoms with Gasteiger partial charge in [-0.2, -0.15) is 0 Å². The SMILES string of the molecule is COc1ccc(CNC(=O)N2C3CN(CC4CCCO4)C(=O)[C@H](CC(C)C)N3C(=O)CN2C)cc1. The molecule has 2 unspecified atom stereocenters. The Kier molecular flexibility index (Phi) is 7.81. The maximum atomic E-state index is 13.5. The first-order valence-electron chi connectivity index (χ1n) is 12.4. The van der Waals surface area contributed by atoms with Crippen LogP contribution in [0.3, 0.4) is 0 Å². The first-order chi connectivity index (χ1) is 16.8. The highest BCUT2D eigenvalue weighted by Crippen LogP contribution is 2.29. The van der Waals surface area contributed by atoms with Crippen molar-refractivity contribution in [3.05, 3.63) is 29.8 Å². The number of nitrogens with one attached hydrogen (secondary N) is 1. The second kappa shape index (κ2) is 10.8. The summed E-state index contributed by atoms with van der Waals surface area (Å²) in [6, 6.07) is 6.60. The molecule has 1 aromatic carbocycles. The molecule has 0 aliphatic carbocycles. The van der Waals surface area contributed by atoms with Crippen molar-refractivity contribution in [1.29, 1.82) is 0 Å². The number of hydrogen-bond acceptors (Lipinski definition) is 6. The molecule has 192 valence electrons. The molecular formula is C25H37N5O5. The van der Waals surface area contributed by atoms with E-state index >= 15 is 0 Å². The third kappa shape index (κ3) is 5.54. The number of likely N-dealkylation sites (N-methyl/N-ethyl adjacent to an activating group) is 1. The molecule has 10 heteroatoms. The van der Waals surface area contributed by atoms with Crippen molar-refractivity contribution >= 4 is 17.8 Å². The van der Waals surface area contributed by atoms with E-state index < -0.39 is 12.2 Å². The van der Waals surface area contributed by atoms with Crippen LogP contribution in [0.15, 0.2) is 24.3 Å². The second-order valence-corrected chi connectivity index (χ2v) is 9.97. The fourth-order valence-corrected chi connectivity index (χ4v) is 5.18. The standard InChI is InChI=1S/C25H37N5O5/c1-17(2)12-21-24(32)28(14-20-6-5-11-35-20)15-22-29(21)23(31)16-27(3)30(22)25(33)26-13-18-7-9-19(34-4)10-8-18/h7-10,17,20-22H,5-6,11-16H2,1-4H3,(H,26,33)/t20?,21-,22?/m0/s1. The Morgan fingerprint density at radius 3 is 2.60 bits per heavy atom. The third-order valence-electron chi connectivity index (χ3n) is 6.89. The number of hydrazine groups is 1. The van der Waals surface area contributed by atoms with Gasteiger partial charge in [0, 0.05) is 26.7 Å². The van der Waals surface area contributed by atoms with Crippen LogP contribution < -0.4 is 10.1 Å². The zero-order valence-electron chi connectivity index (χ0n) is 21.1. The summed E-state index contributed by atoms with van der Waals surface area (Å²) in [4.78, 5) is 43.5. The van der Waals surface area contributed by atoms with Crippen LogP contribution in [0.1, 0.15) is 38.7 Å². The zero-order valence-corrected chi connectivity index (χ0v) is 21.1. The van der Waals surface area contributed by atoms with Gasteiger partial charge in [0.25, 0.3) is 0 Å². The topological polar surface area (TPSA) is 94.7 Å². The molecule has 3 saturated heterocycles. The molecule has 1 N–H and O–H groups in total. The lowest BCUT2D eigenvalue weighted by Crippen LogP contribution is -2.76. The van der Waals surface area contributed by atoms with E-state index in [9.17, 15) is 14.4 Å². The van der Waals surface area contributed by atoms with Crippen molar-refractivity contribution < 1.29 is 23.9 Å². The highest BCUT2D eigenvalue weighted by Gasteiger charge is 2.51. The van der Waals surface area contributed by atoms with Crippen LogP contribution in [0.5, 0.6) is 5.75 Å². The van der Waals surface area contributed by atoms with Crippen LogP contribution in [-0.2, 0) is 20.9 Å². The highest BCUT2D eigenvalue weighted by atomic mass is 16.5. The first kappa shape index (κ1) is 25.2. The number of hydrogen-bond donors (Lipinski definition) is 1. The second-order valence-electron chi connectivity index (χ2n) is 9.97. The summed E-state index contributed by atoms with van der Waals surface area (Å²) in [5.74, 6) is 0.783. The lowest BCUT2D eigenvalue weighted by atomic mass is 9.97. The van der Waals surface area contributed by atoms with Gasteiger partial charge in [0.15, 0.2) is 0 Å². The minimum Gasteiger partial charge on any atom is -0.497 e. The van der Waals surface area contributed by atoms with Gasteiger partial charge in [-0.05, 0) is 42.9 Å². The van der Waals surface area contributed by atoms with Crippen molar-refractivity contribution in [3.63, 3.8) is 0 Å². The van der Waals surface area contributed by atoms with E-state index in [1.54, 1.807) is 34.0 Å². The summed E-state index contributed by atoms with van der Waals surface area (Å²) >= 11 is 0. The maximum absolute atomic E-state index is 13.5. The number of urea groups is 1. The number of carbonyl (C=O) groups is 3. The number of piperazine rings is 1. The Morgan fingerprint density at radius 1 is 1.23 bits per heavy atom. The van der Waals surface area contributed by atoms with E-state index in [1.165, 1.54) is 0 Å². The fraction of sp³-hybridized carbons (Fsp3) is 0.640. The molecule has 3 heterocycles. The minimum atomic E-state index is -0.590. The molecular weight excluding hydrogens is 450 g/mol. The summed E-state index contributed by atoms with van der Waals surface area (Å²) in [5.41, 5.74) is 0.934. The summed E-state index contributed by atoms with van der Waals surface area (Å²) in [6.45, 7) is 5.92. The van der Waals surface area contributed by atoms with E-state index in [2.05, 4.69) is 5.32 Å². The molecule has 3 fully saturated rings. The Morgan fingerprint density at radius 2 is 1.97 bits per heavy atom. The largest absolute Gasteiger partial charge is 0.497 e. The molecule has 0 aromatic heterocycles. The van der Waals surface area contributed by atoms with Crippen molar-refractivity contribution in [2.45, 2.75) is 58.0 Å². The number of rotatable bonds is 7. The van der Waals surface area contributed by atoms with Crippen molar-refractivity contribution in [3.8, 4) is 5.75 Å². The number of methoxy groups -OCH3 is 1. The van der Waals surface area contributed by atoms with Gasteiger partial charge >= 0.3 is 6.03 Å². The van der Waals surface area contributed by atoms with E-state index in [0.29, 0.717) is 26.1 Å². The van der Waals surface area contributed by atoms with Gasteiger partial charge in [-0.3, -0.25) is 9.59 Å². The van der Waals surface area contributed by atoms with E-state index in [4.69, 9.17) is 9.47 Å². The molecule has 1 aromatic rings. The van der Waals surface area contributed by atoms with Crippen molar-refractivity contribution in [2.24, 2.45) is 5.92 Å². The molecule has 0 saturated carbocycles. The Bertz CT molecular complexity index is 917. The van der Waals surface area contributed by atoms with Gasteiger partial charge in [-0.15, -0.1) is 0 Å². The number of benzene rings is 1. The minimum absolute atomic E-state index is 0.000398. The summed E-state index contributed by atoms with van der Waals surface area (Å²) in [7, 11) is 3.35. The van der Waals surface area contributed by atoms with Crippen molar-refractivity contribution in [2.75, 3.05) is 40.4 Å². The van der Waals surface area contributed by atoms with Crippen LogP contribution in [0.2, 0.25) is 0 Å². The van der Waals surface area contributed by atoms with Crippen LogP contribution >= 0.6 is 0 Å². The summed E-state index contributed by atoms with van der Waals surface area (Å²) < 4.78 is 11.0. The predicted octanol–water partition coefficient (Wildman–Crippen LogP) is 1.66. The molecule has 3 aliphatic rings.